The summed E-state index contributed by atoms with van der Waals surface area (Å²) in [5.41, 5.74) is 0.657. The lowest BCUT2D eigenvalue weighted by Gasteiger charge is -2.41. The predicted octanol–water partition coefficient (Wildman–Crippen LogP) is 1.77. The molecule has 0 aliphatic heterocycles. The third-order valence-corrected chi connectivity index (χ3v) is 4.98. The molecule has 0 atom stereocenters. The van der Waals surface area contributed by atoms with Crippen LogP contribution in [0, 0.1) is 0 Å². The van der Waals surface area contributed by atoms with Crippen LogP contribution in [0.1, 0.15) is 70.7 Å². The molecule has 0 radical (unpaired) electrons. The van der Waals surface area contributed by atoms with Crippen molar-refractivity contribution in [2.45, 2.75) is 77.5 Å². The van der Waals surface area contributed by atoms with Gasteiger partial charge in [-0.15, -0.1) is 0 Å². The zero-order valence-corrected chi connectivity index (χ0v) is 16.1. The molecule has 0 bridgehead atoms. The van der Waals surface area contributed by atoms with E-state index in [4.69, 9.17) is 0 Å². The van der Waals surface area contributed by atoms with Crippen LogP contribution >= 0.6 is 0 Å². The molecule has 1 aliphatic carbocycles. The minimum absolute atomic E-state index is 0.0395. The molecule has 7 nitrogen and oxygen atoms in total. The van der Waals surface area contributed by atoms with Gasteiger partial charge in [0.1, 0.15) is 17.9 Å². The third-order valence-electron chi connectivity index (χ3n) is 4.98. The molecule has 0 spiro atoms. The number of fused-ring (bicyclic) bond motifs is 1. The van der Waals surface area contributed by atoms with Crippen LogP contribution in [0.4, 0.5) is 0 Å². The fourth-order valence-corrected chi connectivity index (χ4v) is 3.52. The van der Waals surface area contributed by atoms with Gasteiger partial charge in [-0.25, -0.2) is 4.68 Å². The van der Waals surface area contributed by atoms with Crippen molar-refractivity contribution < 1.29 is 9.90 Å². The van der Waals surface area contributed by atoms with Gasteiger partial charge in [0.2, 0.25) is 5.91 Å². The average Bonchev–Trinajstić information content (AvgIpc) is 2.93. The topological polar surface area (TPSA) is 88.6 Å². The van der Waals surface area contributed by atoms with Gasteiger partial charge < -0.3 is 10.4 Å². The molecular weight excluding hydrogens is 332 g/mol. The maximum absolute atomic E-state index is 12.8. The van der Waals surface area contributed by atoms with Crippen molar-refractivity contribution in [2.75, 3.05) is 0 Å². The van der Waals surface area contributed by atoms with E-state index in [0.29, 0.717) is 24.3 Å². The minimum atomic E-state index is -0.698. The number of amides is 1. The molecule has 1 aliphatic rings. The summed E-state index contributed by atoms with van der Waals surface area (Å²) < 4.78 is 3.10. The normalized spacial score (nSPS) is 22.8. The van der Waals surface area contributed by atoms with Crippen LogP contribution in [0.25, 0.3) is 5.52 Å². The molecule has 142 valence electrons. The second-order valence-corrected chi connectivity index (χ2v) is 8.33. The summed E-state index contributed by atoms with van der Waals surface area (Å²) in [6, 6.07) is 1.85. The smallest absolute Gasteiger partial charge is 0.291 e. The molecule has 7 heteroatoms. The zero-order valence-electron chi connectivity index (χ0n) is 16.1. The summed E-state index contributed by atoms with van der Waals surface area (Å²) in [6.45, 7) is 9.83. The number of rotatable bonds is 5. The van der Waals surface area contributed by atoms with Gasteiger partial charge >= 0.3 is 0 Å². The SMILES string of the molecule is CC(C)c1cc2c(=O)n(CC(=O)N[C@H]3C[C@@](C)(O)C3)nc(C(C)C)n2c1. The lowest BCUT2D eigenvalue weighted by atomic mass is 9.77. The van der Waals surface area contributed by atoms with Crippen LogP contribution < -0.4 is 10.9 Å². The first-order valence-corrected chi connectivity index (χ1v) is 9.22. The van der Waals surface area contributed by atoms with E-state index in [-0.39, 0.29) is 30.0 Å². The molecular formula is C19H28N4O3. The van der Waals surface area contributed by atoms with Gasteiger partial charge in [0, 0.05) is 18.2 Å². The highest BCUT2D eigenvalue weighted by atomic mass is 16.3. The second-order valence-electron chi connectivity index (χ2n) is 8.33. The Hall–Kier alpha value is -2.15. The summed E-state index contributed by atoms with van der Waals surface area (Å²) in [7, 11) is 0. The van der Waals surface area contributed by atoms with Gasteiger partial charge in [-0.05, 0) is 37.3 Å². The third kappa shape index (κ3) is 3.53. The number of carbonyl (C=O) groups excluding carboxylic acids is 1. The minimum Gasteiger partial charge on any atom is -0.390 e. The van der Waals surface area contributed by atoms with Gasteiger partial charge in [0.25, 0.3) is 5.56 Å². The van der Waals surface area contributed by atoms with Crippen molar-refractivity contribution in [1.82, 2.24) is 19.5 Å². The number of nitrogens with zero attached hydrogens (tertiary/aromatic N) is 3. The Bertz CT molecular complexity index is 884. The number of nitrogens with one attached hydrogen (secondary N) is 1. The number of aromatic nitrogens is 3. The first-order valence-electron chi connectivity index (χ1n) is 9.22. The molecule has 2 heterocycles. The molecule has 2 N–H and O–H groups in total. The Labute approximate surface area is 153 Å². The van der Waals surface area contributed by atoms with E-state index in [0.717, 1.165) is 11.4 Å². The lowest BCUT2D eigenvalue weighted by molar-refractivity contribution is -0.125. The Kier molecular flexibility index (Phi) is 4.69. The van der Waals surface area contributed by atoms with Crippen LogP contribution in [-0.4, -0.2) is 36.8 Å². The fourth-order valence-electron chi connectivity index (χ4n) is 3.52. The largest absolute Gasteiger partial charge is 0.390 e. The molecule has 0 saturated heterocycles. The van der Waals surface area contributed by atoms with Crippen molar-refractivity contribution in [3.8, 4) is 0 Å². The number of hydrogen-bond donors (Lipinski definition) is 2. The molecule has 2 aromatic heterocycles. The van der Waals surface area contributed by atoms with Crippen LogP contribution in [0.3, 0.4) is 0 Å². The van der Waals surface area contributed by atoms with Crippen molar-refractivity contribution in [2.24, 2.45) is 0 Å². The Morgan fingerprint density at radius 1 is 1.35 bits per heavy atom. The van der Waals surface area contributed by atoms with E-state index < -0.39 is 5.60 Å². The summed E-state index contributed by atoms with van der Waals surface area (Å²) in [5.74, 6) is 0.916. The van der Waals surface area contributed by atoms with E-state index >= 15 is 0 Å². The van der Waals surface area contributed by atoms with E-state index in [1.54, 1.807) is 6.92 Å². The van der Waals surface area contributed by atoms with E-state index in [9.17, 15) is 14.7 Å². The van der Waals surface area contributed by atoms with Crippen LogP contribution in [-0.2, 0) is 11.3 Å². The van der Waals surface area contributed by atoms with Crippen molar-refractivity contribution in [3.63, 3.8) is 0 Å². The highest BCUT2D eigenvalue weighted by molar-refractivity contribution is 5.76. The first-order chi connectivity index (χ1) is 12.1. The second kappa shape index (κ2) is 6.54. The molecule has 1 saturated carbocycles. The highest BCUT2D eigenvalue weighted by Gasteiger charge is 2.39. The summed E-state index contributed by atoms with van der Waals surface area (Å²) in [4.78, 5) is 25.1. The van der Waals surface area contributed by atoms with Crippen molar-refractivity contribution in [3.05, 3.63) is 34.0 Å². The molecule has 3 rings (SSSR count). The van der Waals surface area contributed by atoms with Crippen LogP contribution in [0.15, 0.2) is 17.1 Å². The predicted molar refractivity (Wildman–Crippen MR) is 99.4 cm³/mol. The zero-order chi connectivity index (χ0) is 19.2. The first kappa shape index (κ1) is 18.6. The van der Waals surface area contributed by atoms with Gasteiger partial charge in [-0.2, -0.15) is 5.10 Å². The number of aliphatic hydroxyl groups is 1. The van der Waals surface area contributed by atoms with Crippen LogP contribution in [0.2, 0.25) is 0 Å². The maximum Gasteiger partial charge on any atom is 0.291 e. The Morgan fingerprint density at radius 3 is 2.54 bits per heavy atom. The van der Waals surface area contributed by atoms with E-state index in [1.807, 2.05) is 30.5 Å². The van der Waals surface area contributed by atoms with Gasteiger partial charge in [0.05, 0.1) is 5.60 Å². The molecule has 1 fully saturated rings. The standard InChI is InChI=1S/C19H28N4O3/c1-11(2)13-6-15-18(25)23(21-17(12(3)4)22(15)9-13)10-16(24)20-14-7-19(5,26)8-14/h6,9,11-12,14,26H,7-8,10H2,1-5H3,(H,20,24)/t14-,19+. The van der Waals surface area contributed by atoms with E-state index in [2.05, 4.69) is 24.3 Å². The lowest BCUT2D eigenvalue weighted by Crippen LogP contribution is -2.54. The molecule has 26 heavy (non-hydrogen) atoms. The Morgan fingerprint density at radius 2 is 2.00 bits per heavy atom. The molecule has 0 unspecified atom stereocenters. The maximum atomic E-state index is 12.8. The Balaban J connectivity index is 1.89. The molecule has 0 aromatic carbocycles. The number of hydrogen-bond acceptors (Lipinski definition) is 4. The molecule has 2 aromatic rings. The summed E-state index contributed by atoms with van der Waals surface area (Å²) >= 11 is 0. The van der Waals surface area contributed by atoms with Crippen molar-refractivity contribution >= 4 is 11.4 Å². The van der Waals surface area contributed by atoms with E-state index in [1.165, 1.54) is 4.68 Å². The van der Waals surface area contributed by atoms with Crippen molar-refractivity contribution in [1.29, 1.82) is 0 Å². The highest BCUT2D eigenvalue weighted by Crippen LogP contribution is 2.31. The number of carbonyl (C=O) groups is 1. The molecule has 1 amide bonds. The van der Waals surface area contributed by atoms with Gasteiger partial charge in [-0.3, -0.25) is 14.0 Å². The summed E-state index contributed by atoms with van der Waals surface area (Å²) in [5, 5.41) is 17.1. The van der Waals surface area contributed by atoms with Gasteiger partial charge in [-0.1, -0.05) is 27.7 Å². The van der Waals surface area contributed by atoms with Crippen LogP contribution in [0.5, 0.6) is 0 Å². The summed E-state index contributed by atoms with van der Waals surface area (Å²) in [6.07, 6.45) is 3.03. The average molecular weight is 360 g/mol. The van der Waals surface area contributed by atoms with Gasteiger partial charge in [0.15, 0.2) is 0 Å². The monoisotopic (exact) mass is 360 g/mol. The fraction of sp³-hybridized carbons (Fsp3) is 0.632. The quantitative estimate of drug-likeness (QED) is 0.850.